The number of nitrogens with zero attached hydrogens (tertiary/aromatic N) is 3. The van der Waals surface area contributed by atoms with Crippen LogP contribution >= 0.6 is 11.6 Å². The van der Waals surface area contributed by atoms with Gasteiger partial charge in [-0.3, -0.25) is 4.57 Å². The Balaban J connectivity index is 2.42. The van der Waals surface area contributed by atoms with Crippen molar-refractivity contribution in [3.8, 4) is 11.8 Å². The number of nitrogens with one attached hydrogen (secondary N) is 1. The van der Waals surface area contributed by atoms with E-state index in [1.807, 2.05) is 31.3 Å². The molecule has 17 heavy (non-hydrogen) atoms. The largest absolute Gasteiger partial charge is 0.316 e. The Morgan fingerprint density at radius 1 is 1.53 bits per heavy atom. The number of benzene rings is 1. The Hall–Kier alpha value is -1.83. The fourth-order valence-electron chi connectivity index (χ4n) is 1.61. The van der Waals surface area contributed by atoms with E-state index in [0.717, 1.165) is 11.3 Å². The van der Waals surface area contributed by atoms with Gasteiger partial charge in [0.25, 0.3) is 0 Å². The van der Waals surface area contributed by atoms with Crippen LogP contribution < -0.4 is 5.32 Å². The number of imidazole rings is 1. The molecule has 5 heteroatoms. The van der Waals surface area contributed by atoms with E-state index in [1.54, 1.807) is 17.0 Å². The molecule has 0 saturated carbocycles. The van der Waals surface area contributed by atoms with Crippen molar-refractivity contribution in [2.75, 3.05) is 7.05 Å². The van der Waals surface area contributed by atoms with Crippen molar-refractivity contribution < 1.29 is 0 Å². The molecule has 2 rings (SSSR count). The van der Waals surface area contributed by atoms with Crippen LogP contribution in [0, 0.1) is 11.3 Å². The maximum atomic E-state index is 8.90. The third kappa shape index (κ3) is 2.31. The molecule has 0 fully saturated rings. The highest BCUT2D eigenvalue weighted by Gasteiger charge is 2.06. The first-order chi connectivity index (χ1) is 8.26. The van der Waals surface area contributed by atoms with Gasteiger partial charge in [0.1, 0.15) is 6.07 Å². The third-order valence-corrected chi connectivity index (χ3v) is 2.77. The second-order valence-corrected chi connectivity index (χ2v) is 3.95. The summed E-state index contributed by atoms with van der Waals surface area (Å²) in [6.45, 7) is 0.716. The van der Waals surface area contributed by atoms with Crippen molar-refractivity contribution in [2.24, 2.45) is 0 Å². The van der Waals surface area contributed by atoms with Gasteiger partial charge in [-0.2, -0.15) is 5.26 Å². The number of hydrogen-bond donors (Lipinski definition) is 1. The molecule has 4 nitrogen and oxygen atoms in total. The first-order valence-corrected chi connectivity index (χ1v) is 5.51. The van der Waals surface area contributed by atoms with Crippen LogP contribution in [0.2, 0.25) is 5.02 Å². The van der Waals surface area contributed by atoms with E-state index >= 15 is 0 Å². The molecular formula is C12H11ClN4. The second kappa shape index (κ2) is 5.00. The lowest BCUT2D eigenvalue weighted by Gasteiger charge is -2.08. The minimum absolute atomic E-state index is 0.349. The Labute approximate surface area is 104 Å². The molecule has 0 saturated heterocycles. The molecule has 0 radical (unpaired) electrons. The fraction of sp³-hybridized carbons (Fsp3) is 0.167. The SMILES string of the molecule is CNCc1ccc(-n2ccnc2C#N)cc1Cl. The van der Waals surface area contributed by atoms with E-state index in [0.29, 0.717) is 17.4 Å². The summed E-state index contributed by atoms with van der Waals surface area (Å²) in [5.41, 5.74) is 1.86. The van der Waals surface area contributed by atoms with Crippen LogP contribution in [0.1, 0.15) is 11.4 Å². The normalized spacial score (nSPS) is 10.2. The highest BCUT2D eigenvalue weighted by atomic mass is 35.5. The van der Waals surface area contributed by atoms with Crippen LogP contribution in [0.4, 0.5) is 0 Å². The fourth-order valence-corrected chi connectivity index (χ4v) is 1.86. The molecule has 1 N–H and O–H groups in total. The molecule has 0 spiro atoms. The van der Waals surface area contributed by atoms with Gasteiger partial charge in [0.15, 0.2) is 0 Å². The molecule has 86 valence electrons. The van der Waals surface area contributed by atoms with Crippen molar-refractivity contribution in [1.82, 2.24) is 14.9 Å². The lowest BCUT2D eigenvalue weighted by molar-refractivity contribution is 0.817. The highest BCUT2D eigenvalue weighted by Crippen LogP contribution is 2.21. The Morgan fingerprint density at radius 3 is 3.00 bits per heavy atom. The van der Waals surface area contributed by atoms with Gasteiger partial charge < -0.3 is 5.32 Å². The Morgan fingerprint density at radius 2 is 2.35 bits per heavy atom. The summed E-state index contributed by atoms with van der Waals surface area (Å²) in [6.07, 6.45) is 3.33. The summed E-state index contributed by atoms with van der Waals surface area (Å²) >= 11 is 6.16. The average Bonchev–Trinajstić information content (AvgIpc) is 2.80. The van der Waals surface area contributed by atoms with E-state index in [9.17, 15) is 0 Å². The topological polar surface area (TPSA) is 53.6 Å². The van der Waals surface area contributed by atoms with Gasteiger partial charge in [-0.1, -0.05) is 17.7 Å². The highest BCUT2D eigenvalue weighted by molar-refractivity contribution is 6.31. The summed E-state index contributed by atoms with van der Waals surface area (Å²) in [7, 11) is 1.87. The van der Waals surface area contributed by atoms with Gasteiger partial charge in [0.2, 0.25) is 5.82 Å². The molecule has 1 heterocycles. The van der Waals surface area contributed by atoms with Crippen LogP contribution in [0.25, 0.3) is 5.69 Å². The molecule has 0 aliphatic carbocycles. The summed E-state index contributed by atoms with van der Waals surface area (Å²) < 4.78 is 1.70. The molecule has 0 aliphatic heterocycles. The number of aromatic nitrogens is 2. The molecule has 0 amide bonds. The lowest BCUT2D eigenvalue weighted by atomic mass is 10.2. The van der Waals surface area contributed by atoms with Crippen LogP contribution in [-0.4, -0.2) is 16.6 Å². The molecule has 0 aliphatic rings. The second-order valence-electron chi connectivity index (χ2n) is 3.54. The summed E-state index contributed by atoms with van der Waals surface area (Å²) in [6, 6.07) is 7.72. The molecule has 1 aromatic heterocycles. The van der Waals surface area contributed by atoms with E-state index in [4.69, 9.17) is 16.9 Å². The Bertz CT molecular complexity index is 568. The zero-order valence-corrected chi connectivity index (χ0v) is 10.1. The monoisotopic (exact) mass is 246 g/mol. The van der Waals surface area contributed by atoms with E-state index in [-0.39, 0.29) is 0 Å². The summed E-state index contributed by atoms with van der Waals surface area (Å²) in [4.78, 5) is 3.95. The van der Waals surface area contributed by atoms with E-state index < -0.39 is 0 Å². The molecule has 2 aromatic rings. The zero-order valence-electron chi connectivity index (χ0n) is 9.31. The van der Waals surface area contributed by atoms with Gasteiger partial charge >= 0.3 is 0 Å². The number of nitriles is 1. The van der Waals surface area contributed by atoms with Crippen LogP contribution in [0.3, 0.4) is 0 Å². The van der Waals surface area contributed by atoms with E-state index in [2.05, 4.69) is 10.3 Å². The maximum absolute atomic E-state index is 8.90. The molecule has 0 atom stereocenters. The smallest absolute Gasteiger partial charge is 0.217 e. The van der Waals surface area contributed by atoms with Crippen LogP contribution in [0.15, 0.2) is 30.6 Å². The number of halogens is 1. The standard InChI is InChI=1S/C12H11ClN4/c1-15-8-9-2-3-10(6-11(9)13)17-5-4-16-12(17)7-14/h2-6,15H,8H2,1H3. The first kappa shape index (κ1) is 11.6. The predicted octanol–water partition coefficient (Wildman–Crippen LogP) is 2.12. The summed E-state index contributed by atoms with van der Waals surface area (Å²) in [5, 5.41) is 12.6. The van der Waals surface area contributed by atoms with Gasteiger partial charge in [0.05, 0.1) is 0 Å². The first-order valence-electron chi connectivity index (χ1n) is 5.13. The van der Waals surface area contributed by atoms with Gasteiger partial charge in [-0.05, 0) is 24.7 Å². The predicted molar refractivity (Wildman–Crippen MR) is 66.1 cm³/mol. The quantitative estimate of drug-likeness (QED) is 0.903. The number of rotatable bonds is 3. The van der Waals surface area contributed by atoms with Gasteiger partial charge in [-0.15, -0.1) is 0 Å². The maximum Gasteiger partial charge on any atom is 0.217 e. The number of hydrogen-bond acceptors (Lipinski definition) is 3. The van der Waals surface area contributed by atoms with Gasteiger partial charge in [0, 0.05) is 29.6 Å². The minimum atomic E-state index is 0.349. The summed E-state index contributed by atoms with van der Waals surface area (Å²) in [5.74, 6) is 0.349. The van der Waals surface area contributed by atoms with Crippen molar-refractivity contribution in [3.05, 3.63) is 47.0 Å². The molecule has 0 bridgehead atoms. The average molecular weight is 247 g/mol. The Kier molecular flexibility index (Phi) is 3.43. The van der Waals surface area contributed by atoms with Crippen LogP contribution in [0.5, 0.6) is 0 Å². The van der Waals surface area contributed by atoms with Gasteiger partial charge in [-0.25, -0.2) is 4.98 Å². The molecule has 0 unspecified atom stereocenters. The third-order valence-electron chi connectivity index (χ3n) is 2.42. The molecular weight excluding hydrogens is 236 g/mol. The lowest BCUT2D eigenvalue weighted by Crippen LogP contribution is -2.06. The van der Waals surface area contributed by atoms with Crippen LogP contribution in [-0.2, 0) is 6.54 Å². The minimum Gasteiger partial charge on any atom is -0.316 e. The van der Waals surface area contributed by atoms with Crippen molar-refractivity contribution in [2.45, 2.75) is 6.54 Å². The van der Waals surface area contributed by atoms with Crippen molar-refractivity contribution >= 4 is 11.6 Å². The molecule has 1 aromatic carbocycles. The zero-order chi connectivity index (χ0) is 12.3. The van der Waals surface area contributed by atoms with Crippen molar-refractivity contribution in [1.29, 1.82) is 5.26 Å². The van der Waals surface area contributed by atoms with Crippen molar-refractivity contribution in [3.63, 3.8) is 0 Å². The van der Waals surface area contributed by atoms with E-state index in [1.165, 1.54) is 0 Å².